The molecule has 0 aromatic heterocycles. The van der Waals surface area contributed by atoms with Gasteiger partial charge in [0.1, 0.15) is 0 Å². The molecule has 0 unspecified atom stereocenters. The maximum Gasteiger partial charge on any atom is 0.250 e. The number of unbranched alkanes of at least 4 members (excludes halogenated alkanes) is 1. The van der Waals surface area contributed by atoms with Gasteiger partial charge in [-0.3, -0.25) is 10.1 Å². The van der Waals surface area contributed by atoms with Gasteiger partial charge in [-0.15, -0.1) is 0 Å². The normalized spacial score (nSPS) is 10.7. The topological polar surface area (TPSA) is 52.6 Å². The van der Waals surface area contributed by atoms with Gasteiger partial charge in [-0.1, -0.05) is 60.2 Å². The van der Waals surface area contributed by atoms with E-state index in [0.717, 1.165) is 17.5 Å². The Hall–Kier alpha value is -2.50. The number of nitrogens with zero attached hydrogens (tertiary/aromatic N) is 1. The fourth-order valence-corrected chi connectivity index (χ4v) is 2.80. The Morgan fingerprint density at radius 2 is 1.81 bits per heavy atom. The second-order valence-corrected chi connectivity index (χ2v) is 6.76. The highest BCUT2D eigenvalue weighted by Crippen LogP contribution is 2.07. The van der Waals surface area contributed by atoms with Crippen molar-refractivity contribution in [3.63, 3.8) is 0 Å². The lowest BCUT2D eigenvalue weighted by Gasteiger charge is -2.25. The van der Waals surface area contributed by atoms with Crippen molar-refractivity contribution in [1.29, 1.82) is 0 Å². The molecule has 2 rings (SSSR count). The van der Waals surface area contributed by atoms with Gasteiger partial charge in [-0.25, -0.2) is 0 Å². The van der Waals surface area contributed by atoms with Gasteiger partial charge < -0.3 is 10.0 Å². The SMILES string of the molecule is Cc1ccc(C=CC(=O)NC(=S)N(CCCCO)Cc2ccccc2)cc1. The monoisotopic (exact) mass is 382 g/mol. The van der Waals surface area contributed by atoms with Crippen LogP contribution < -0.4 is 5.32 Å². The Bertz CT molecular complexity index is 758. The van der Waals surface area contributed by atoms with Crippen LogP contribution in [0.3, 0.4) is 0 Å². The summed E-state index contributed by atoms with van der Waals surface area (Å²) in [4.78, 5) is 14.2. The summed E-state index contributed by atoms with van der Waals surface area (Å²) in [7, 11) is 0. The Labute approximate surface area is 166 Å². The summed E-state index contributed by atoms with van der Waals surface area (Å²) >= 11 is 5.45. The lowest BCUT2D eigenvalue weighted by molar-refractivity contribution is -0.115. The van der Waals surface area contributed by atoms with E-state index >= 15 is 0 Å². The number of benzene rings is 2. The third kappa shape index (κ3) is 7.72. The van der Waals surface area contributed by atoms with Gasteiger partial charge >= 0.3 is 0 Å². The Morgan fingerprint density at radius 3 is 2.48 bits per heavy atom. The van der Waals surface area contributed by atoms with Gasteiger partial charge in [0.25, 0.3) is 0 Å². The van der Waals surface area contributed by atoms with E-state index in [1.165, 1.54) is 11.6 Å². The van der Waals surface area contributed by atoms with Crippen LogP contribution in [0.1, 0.15) is 29.5 Å². The molecule has 5 heteroatoms. The van der Waals surface area contributed by atoms with Crippen LogP contribution in [0.15, 0.2) is 60.7 Å². The minimum atomic E-state index is -0.249. The second-order valence-electron chi connectivity index (χ2n) is 6.38. The van der Waals surface area contributed by atoms with E-state index in [0.29, 0.717) is 24.6 Å². The smallest absolute Gasteiger partial charge is 0.250 e. The number of hydrogen-bond acceptors (Lipinski definition) is 3. The lowest BCUT2D eigenvalue weighted by atomic mass is 10.1. The largest absolute Gasteiger partial charge is 0.396 e. The molecule has 0 radical (unpaired) electrons. The molecule has 2 aromatic rings. The quantitative estimate of drug-likeness (QED) is 0.415. The van der Waals surface area contributed by atoms with Crippen molar-refractivity contribution >= 4 is 29.3 Å². The average Bonchev–Trinajstić information content (AvgIpc) is 2.67. The van der Waals surface area contributed by atoms with E-state index in [9.17, 15) is 4.79 Å². The Kier molecular flexibility index (Phi) is 8.68. The highest BCUT2D eigenvalue weighted by molar-refractivity contribution is 7.80. The molecule has 0 bridgehead atoms. The Morgan fingerprint density at radius 1 is 1.11 bits per heavy atom. The lowest BCUT2D eigenvalue weighted by Crippen LogP contribution is -2.42. The fourth-order valence-electron chi connectivity index (χ4n) is 2.55. The highest BCUT2D eigenvalue weighted by Gasteiger charge is 2.12. The highest BCUT2D eigenvalue weighted by atomic mass is 32.1. The molecular weight excluding hydrogens is 356 g/mol. The third-order valence-corrected chi connectivity index (χ3v) is 4.43. The van der Waals surface area contributed by atoms with Crippen molar-refractivity contribution in [3.05, 3.63) is 77.4 Å². The zero-order valence-corrected chi connectivity index (χ0v) is 16.4. The van der Waals surface area contributed by atoms with E-state index in [4.69, 9.17) is 17.3 Å². The van der Waals surface area contributed by atoms with Crippen molar-refractivity contribution < 1.29 is 9.90 Å². The van der Waals surface area contributed by atoms with Gasteiger partial charge in [0, 0.05) is 25.8 Å². The minimum Gasteiger partial charge on any atom is -0.396 e. The summed E-state index contributed by atoms with van der Waals surface area (Å²) in [6.45, 7) is 3.47. The van der Waals surface area contributed by atoms with Crippen LogP contribution in [-0.2, 0) is 11.3 Å². The van der Waals surface area contributed by atoms with Crippen molar-refractivity contribution in [3.8, 4) is 0 Å². The molecule has 0 aliphatic heterocycles. The summed E-state index contributed by atoms with van der Waals surface area (Å²) in [6.07, 6.45) is 4.77. The number of aliphatic hydroxyl groups excluding tert-OH is 1. The fraction of sp³-hybridized carbons (Fsp3) is 0.273. The number of rotatable bonds is 8. The van der Waals surface area contributed by atoms with Crippen molar-refractivity contribution in [2.75, 3.05) is 13.2 Å². The molecule has 0 atom stereocenters. The zero-order chi connectivity index (χ0) is 19.5. The molecule has 1 amide bonds. The second kappa shape index (κ2) is 11.3. The summed E-state index contributed by atoms with van der Waals surface area (Å²) in [6, 6.07) is 17.9. The van der Waals surface area contributed by atoms with Gasteiger partial charge in [-0.2, -0.15) is 0 Å². The van der Waals surface area contributed by atoms with Crippen molar-refractivity contribution in [2.24, 2.45) is 0 Å². The van der Waals surface area contributed by atoms with Gasteiger partial charge in [-0.05, 0) is 49.2 Å². The predicted molar refractivity (Wildman–Crippen MR) is 114 cm³/mol. The maximum absolute atomic E-state index is 12.2. The van der Waals surface area contributed by atoms with E-state index in [1.807, 2.05) is 66.4 Å². The first-order valence-corrected chi connectivity index (χ1v) is 9.49. The molecule has 0 saturated carbocycles. The molecule has 142 valence electrons. The van der Waals surface area contributed by atoms with Crippen LogP contribution in [0.2, 0.25) is 0 Å². The first kappa shape index (κ1) is 20.8. The van der Waals surface area contributed by atoms with Crippen molar-refractivity contribution in [2.45, 2.75) is 26.3 Å². The summed E-state index contributed by atoms with van der Waals surface area (Å²) in [5, 5.41) is 12.2. The number of aliphatic hydroxyl groups is 1. The number of nitrogens with one attached hydrogen (secondary N) is 1. The van der Waals surface area contributed by atoms with Crippen LogP contribution in [0.25, 0.3) is 6.08 Å². The standard InChI is InChI=1S/C22H26N2O2S/c1-18-9-11-19(12-10-18)13-14-21(26)23-22(27)24(15-5-6-16-25)17-20-7-3-2-4-8-20/h2-4,7-14,25H,5-6,15-17H2,1H3,(H,23,26,27). The number of carbonyl (C=O) groups is 1. The maximum atomic E-state index is 12.2. The Balaban J connectivity index is 1.96. The molecule has 0 heterocycles. The molecule has 2 aromatic carbocycles. The molecule has 0 saturated heterocycles. The molecule has 4 nitrogen and oxygen atoms in total. The minimum absolute atomic E-state index is 0.150. The number of amides is 1. The molecular formula is C22H26N2O2S. The van der Waals surface area contributed by atoms with Crippen LogP contribution in [0.5, 0.6) is 0 Å². The van der Waals surface area contributed by atoms with Gasteiger partial charge in [0.05, 0.1) is 0 Å². The molecule has 0 aliphatic carbocycles. The zero-order valence-electron chi connectivity index (χ0n) is 15.6. The first-order chi connectivity index (χ1) is 13.1. The third-order valence-electron chi connectivity index (χ3n) is 4.07. The van der Waals surface area contributed by atoms with E-state index in [2.05, 4.69) is 5.32 Å². The summed E-state index contributed by atoms with van der Waals surface area (Å²) in [5.41, 5.74) is 3.26. The van der Waals surface area contributed by atoms with E-state index in [1.54, 1.807) is 6.08 Å². The van der Waals surface area contributed by atoms with Crippen molar-refractivity contribution in [1.82, 2.24) is 10.2 Å². The molecule has 0 spiro atoms. The average molecular weight is 383 g/mol. The first-order valence-electron chi connectivity index (χ1n) is 9.08. The van der Waals surface area contributed by atoms with E-state index in [-0.39, 0.29) is 12.5 Å². The summed E-state index contributed by atoms with van der Waals surface area (Å²) in [5.74, 6) is -0.249. The van der Waals surface area contributed by atoms with Gasteiger partial charge in [0.2, 0.25) is 5.91 Å². The van der Waals surface area contributed by atoms with Crippen LogP contribution in [0, 0.1) is 6.92 Å². The molecule has 0 fully saturated rings. The molecule has 0 aliphatic rings. The van der Waals surface area contributed by atoms with E-state index < -0.39 is 0 Å². The number of hydrogen-bond donors (Lipinski definition) is 2. The number of aryl methyl sites for hydroxylation is 1. The van der Waals surface area contributed by atoms with Crippen LogP contribution in [-0.4, -0.2) is 34.2 Å². The molecule has 27 heavy (non-hydrogen) atoms. The van der Waals surface area contributed by atoms with Crippen LogP contribution in [0.4, 0.5) is 0 Å². The number of thiocarbonyl (C=S) groups is 1. The molecule has 2 N–H and O–H groups in total. The van der Waals surface area contributed by atoms with Crippen LogP contribution >= 0.6 is 12.2 Å². The number of carbonyl (C=O) groups excluding carboxylic acids is 1. The van der Waals surface area contributed by atoms with Gasteiger partial charge in [0.15, 0.2) is 5.11 Å². The summed E-state index contributed by atoms with van der Waals surface area (Å²) < 4.78 is 0. The predicted octanol–water partition coefficient (Wildman–Crippen LogP) is 3.68.